The van der Waals surface area contributed by atoms with Crippen LogP contribution in [0.15, 0.2) is 52.6 Å². The summed E-state index contributed by atoms with van der Waals surface area (Å²) in [5.41, 5.74) is 2.53. The number of carboxylic acid groups (broad SMARTS) is 1. The lowest BCUT2D eigenvalue weighted by molar-refractivity contribution is -0.139. The van der Waals surface area contributed by atoms with Crippen LogP contribution in [0.3, 0.4) is 0 Å². The van der Waals surface area contributed by atoms with Crippen molar-refractivity contribution in [1.82, 2.24) is 10.3 Å². The number of fused-ring (bicyclic) bond motifs is 1. The Morgan fingerprint density at radius 2 is 2.06 bits per heavy atom. The molecule has 3 aromatic rings. The summed E-state index contributed by atoms with van der Waals surface area (Å²) in [5.74, 6) is -1.12. The van der Waals surface area contributed by atoms with Crippen LogP contribution >= 0.6 is 15.9 Å². The van der Waals surface area contributed by atoms with Gasteiger partial charge in [0.15, 0.2) is 18.1 Å². The molecule has 0 atom stereocenters. The molecule has 0 spiro atoms. The van der Waals surface area contributed by atoms with E-state index in [-0.39, 0.29) is 17.1 Å². The largest absolute Gasteiger partial charge is 0.493 e. The zero-order chi connectivity index (χ0) is 23.1. The number of aromatic amines is 1. The fourth-order valence-electron chi connectivity index (χ4n) is 3.12. The SMILES string of the molecule is COc1cc(/C=C(/C#N)C(=O)NCCc2c[nH]c3ccccc23)c(Br)cc1OCC(=O)O. The Morgan fingerprint density at radius 3 is 2.78 bits per heavy atom. The smallest absolute Gasteiger partial charge is 0.341 e. The van der Waals surface area contributed by atoms with Crippen molar-refractivity contribution in [3.05, 3.63) is 63.8 Å². The Balaban J connectivity index is 1.71. The molecule has 8 nitrogen and oxygen atoms in total. The van der Waals surface area contributed by atoms with Crippen molar-refractivity contribution in [2.45, 2.75) is 6.42 Å². The standard InChI is InChI=1S/C23H20BrN3O5/c1-31-20-9-15(18(24)10-21(20)32-13-22(28)29)8-16(11-25)23(30)26-7-6-14-12-27-19-5-3-2-4-17(14)19/h2-5,8-10,12,27H,6-7,13H2,1H3,(H,26,30)(H,28,29)/b16-8-. The highest BCUT2D eigenvalue weighted by atomic mass is 79.9. The van der Waals surface area contributed by atoms with E-state index < -0.39 is 18.5 Å². The van der Waals surface area contributed by atoms with Crippen LogP contribution in [0.2, 0.25) is 0 Å². The van der Waals surface area contributed by atoms with Crippen LogP contribution in [0.1, 0.15) is 11.1 Å². The summed E-state index contributed by atoms with van der Waals surface area (Å²) in [6, 6.07) is 12.9. The number of nitrogens with zero attached hydrogens (tertiary/aromatic N) is 1. The predicted molar refractivity (Wildman–Crippen MR) is 122 cm³/mol. The number of carbonyl (C=O) groups is 2. The minimum absolute atomic E-state index is 0.0779. The number of carbonyl (C=O) groups excluding carboxylic acids is 1. The number of hydrogen-bond donors (Lipinski definition) is 3. The number of ether oxygens (including phenoxy) is 2. The molecule has 164 valence electrons. The van der Waals surface area contributed by atoms with Gasteiger partial charge in [0.1, 0.15) is 11.6 Å². The quantitative estimate of drug-likeness (QED) is 0.306. The average Bonchev–Trinajstić information content (AvgIpc) is 3.20. The first kappa shape index (κ1) is 22.9. The van der Waals surface area contributed by atoms with E-state index in [2.05, 4.69) is 26.2 Å². The molecule has 2 aromatic carbocycles. The molecular formula is C23H20BrN3O5. The number of aliphatic carboxylic acids is 1. The molecule has 0 fully saturated rings. The lowest BCUT2D eigenvalue weighted by atomic mass is 10.1. The molecular weight excluding hydrogens is 478 g/mol. The van der Waals surface area contributed by atoms with Crippen molar-refractivity contribution in [2.24, 2.45) is 0 Å². The zero-order valence-electron chi connectivity index (χ0n) is 17.1. The Labute approximate surface area is 192 Å². The van der Waals surface area contributed by atoms with E-state index in [1.54, 1.807) is 6.07 Å². The van der Waals surface area contributed by atoms with E-state index in [4.69, 9.17) is 14.6 Å². The van der Waals surface area contributed by atoms with Crippen LogP contribution in [0.4, 0.5) is 0 Å². The van der Waals surface area contributed by atoms with E-state index in [9.17, 15) is 14.9 Å². The fourth-order valence-corrected chi connectivity index (χ4v) is 3.56. The second-order valence-electron chi connectivity index (χ2n) is 6.74. The van der Waals surface area contributed by atoms with Gasteiger partial charge in [0.05, 0.1) is 7.11 Å². The van der Waals surface area contributed by atoms with Crippen molar-refractivity contribution in [3.8, 4) is 17.6 Å². The summed E-state index contributed by atoms with van der Waals surface area (Å²) in [7, 11) is 1.41. The summed E-state index contributed by atoms with van der Waals surface area (Å²) >= 11 is 3.35. The third kappa shape index (κ3) is 5.47. The maximum atomic E-state index is 12.5. The van der Waals surface area contributed by atoms with Gasteiger partial charge in [0, 0.05) is 28.1 Å². The van der Waals surface area contributed by atoms with E-state index in [1.165, 1.54) is 19.3 Å². The lowest BCUT2D eigenvalue weighted by Crippen LogP contribution is -2.26. The van der Waals surface area contributed by atoms with Crippen molar-refractivity contribution < 1.29 is 24.2 Å². The number of para-hydroxylation sites is 1. The van der Waals surface area contributed by atoms with E-state index in [0.29, 0.717) is 23.0 Å². The molecule has 1 aromatic heterocycles. The molecule has 0 saturated heterocycles. The van der Waals surface area contributed by atoms with Crippen LogP contribution < -0.4 is 14.8 Å². The molecule has 1 amide bonds. The Bertz CT molecular complexity index is 1230. The molecule has 3 rings (SSSR count). The fraction of sp³-hybridized carbons (Fsp3) is 0.174. The number of aromatic nitrogens is 1. The van der Waals surface area contributed by atoms with Crippen molar-refractivity contribution in [1.29, 1.82) is 5.26 Å². The highest BCUT2D eigenvalue weighted by Gasteiger charge is 2.14. The third-order valence-corrected chi connectivity index (χ3v) is 5.34. The highest BCUT2D eigenvalue weighted by molar-refractivity contribution is 9.10. The van der Waals surface area contributed by atoms with Crippen LogP contribution in [-0.2, 0) is 16.0 Å². The molecule has 32 heavy (non-hydrogen) atoms. The van der Waals surface area contributed by atoms with E-state index in [1.807, 2.05) is 36.5 Å². The van der Waals surface area contributed by atoms with Crippen LogP contribution in [0, 0.1) is 11.3 Å². The van der Waals surface area contributed by atoms with Gasteiger partial charge in [0.25, 0.3) is 5.91 Å². The van der Waals surface area contributed by atoms with Crippen molar-refractivity contribution in [3.63, 3.8) is 0 Å². The van der Waals surface area contributed by atoms with Crippen LogP contribution in [0.5, 0.6) is 11.5 Å². The minimum atomic E-state index is -1.12. The molecule has 9 heteroatoms. The molecule has 0 radical (unpaired) electrons. The van der Waals surface area contributed by atoms with Gasteiger partial charge < -0.3 is 24.9 Å². The zero-order valence-corrected chi connectivity index (χ0v) is 18.7. The topological polar surface area (TPSA) is 124 Å². The molecule has 0 unspecified atom stereocenters. The maximum Gasteiger partial charge on any atom is 0.341 e. The monoisotopic (exact) mass is 497 g/mol. The van der Waals surface area contributed by atoms with Crippen LogP contribution in [-0.4, -0.2) is 42.2 Å². The Hall–Kier alpha value is -3.77. The van der Waals surface area contributed by atoms with E-state index >= 15 is 0 Å². The average molecular weight is 498 g/mol. The molecule has 0 aliphatic carbocycles. The summed E-state index contributed by atoms with van der Waals surface area (Å²) in [6.07, 6.45) is 3.95. The number of carboxylic acids is 1. The second-order valence-corrected chi connectivity index (χ2v) is 7.60. The molecule has 0 saturated carbocycles. The first-order chi connectivity index (χ1) is 15.4. The lowest BCUT2D eigenvalue weighted by Gasteiger charge is -2.12. The summed E-state index contributed by atoms with van der Waals surface area (Å²) < 4.78 is 10.9. The minimum Gasteiger partial charge on any atom is -0.493 e. The van der Waals surface area contributed by atoms with Crippen molar-refractivity contribution in [2.75, 3.05) is 20.3 Å². The number of halogens is 1. The van der Waals surface area contributed by atoms with Gasteiger partial charge in [-0.25, -0.2) is 4.79 Å². The van der Waals surface area contributed by atoms with Gasteiger partial charge >= 0.3 is 5.97 Å². The number of nitrogens with one attached hydrogen (secondary N) is 2. The molecule has 0 aliphatic heterocycles. The third-order valence-electron chi connectivity index (χ3n) is 4.65. The predicted octanol–water partition coefficient (Wildman–Crippen LogP) is 3.67. The molecule has 0 bridgehead atoms. The number of amides is 1. The van der Waals surface area contributed by atoms with Crippen LogP contribution in [0.25, 0.3) is 17.0 Å². The number of rotatable bonds is 9. The number of benzene rings is 2. The summed E-state index contributed by atoms with van der Waals surface area (Å²) in [5, 5.41) is 22.1. The molecule has 3 N–H and O–H groups in total. The summed E-state index contributed by atoms with van der Waals surface area (Å²) in [6.45, 7) is -0.160. The van der Waals surface area contributed by atoms with Gasteiger partial charge in [-0.15, -0.1) is 0 Å². The normalized spacial score (nSPS) is 11.1. The number of nitriles is 1. The second kappa shape index (κ2) is 10.5. The highest BCUT2D eigenvalue weighted by Crippen LogP contribution is 2.34. The molecule has 0 aliphatic rings. The van der Waals surface area contributed by atoms with Gasteiger partial charge in [-0.3, -0.25) is 4.79 Å². The number of hydrogen-bond acceptors (Lipinski definition) is 5. The van der Waals surface area contributed by atoms with Gasteiger partial charge in [0.2, 0.25) is 0 Å². The van der Waals surface area contributed by atoms with Gasteiger partial charge in [-0.1, -0.05) is 34.1 Å². The maximum absolute atomic E-state index is 12.5. The van der Waals surface area contributed by atoms with Crippen molar-refractivity contribution >= 4 is 44.8 Å². The first-order valence-electron chi connectivity index (χ1n) is 9.60. The number of H-pyrrole nitrogens is 1. The Morgan fingerprint density at radius 1 is 1.28 bits per heavy atom. The number of methoxy groups -OCH3 is 1. The van der Waals surface area contributed by atoms with E-state index in [0.717, 1.165) is 16.5 Å². The summed E-state index contributed by atoms with van der Waals surface area (Å²) in [4.78, 5) is 26.5. The molecule has 1 heterocycles. The Kier molecular flexibility index (Phi) is 7.52. The van der Waals surface area contributed by atoms with Gasteiger partial charge in [-0.2, -0.15) is 5.26 Å². The van der Waals surface area contributed by atoms with Gasteiger partial charge in [-0.05, 0) is 41.8 Å². The first-order valence-corrected chi connectivity index (χ1v) is 10.4.